The molecule has 0 saturated heterocycles. The monoisotopic (exact) mass is 329 g/mol. The smallest absolute Gasteiger partial charge is 0.239 e. The van der Waals surface area contributed by atoms with Crippen molar-refractivity contribution in [2.75, 3.05) is 0 Å². The Bertz CT molecular complexity index is 753. The quantitative estimate of drug-likeness (QED) is 0.642. The zero-order chi connectivity index (χ0) is 16.2. The van der Waals surface area contributed by atoms with E-state index in [0.29, 0.717) is 12.4 Å². The van der Waals surface area contributed by atoms with Crippen molar-refractivity contribution in [1.29, 1.82) is 0 Å². The van der Waals surface area contributed by atoms with Gasteiger partial charge in [0.2, 0.25) is 5.89 Å². The summed E-state index contributed by atoms with van der Waals surface area (Å²) in [5, 5.41) is 4.97. The zero-order valence-corrected chi connectivity index (χ0v) is 14.2. The highest BCUT2D eigenvalue weighted by Gasteiger charge is 2.19. The second-order valence-electron chi connectivity index (χ2n) is 5.56. The number of hydrogen-bond acceptors (Lipinski definition) is 6. The number of hydrogen-bond donors (Lipinski definition) is 0. The van der Waals surface area contributed by atoms with Gasteiger partial charge in [0.15, 0.2) is 11.0 Å². The van der Waals surface area contributed by atoms with Crippen LogP contribution in [0, 0.1) is 0 Å². The lowest BCUT2D eigenvalue weighted by atomic mass is 10.2. The first-order valence-corrected chi connectivity index (χ1v) is 8.42. The molecule has 3 aromatic heterocycles. The molecule has 23 heavy (non-hydrogen) atoms. The fourth-order valence-corrected chi connectivity index (χ4v) is 2.95. The predicted octanol–water partition coefficient (Wildman–Crippen LogP) is 3.69. The molecule has 0 radical (unpaired) electrons. The minimum absolute atomic E-state index is 0.0416. The van der Waals surface area contributed by atoms with Crippen LogP contribution in [-0.4, -0.2) is 24.7 Å². The lowest BCUT2D eigenvalue weighted by molar-refractivity contribution is 0.373. The first kappa shape index (κ1) is 15.7. The Morgan fingerprint density at radius 3 is 2.74 bits per heavy atom. The molecule has 0 aliphatic heterocycles. The molecule has 7 heteroatoms. The highest BCUT2D eigenvalue weighted by Crippen LogP contribution is 2.33. The minimum Gasteiger partial charge on any atom is -0.338 e. The second kappa shape index (κ2) is 6.95. The molecule has 0 fully saturated rings. The Labute approximate surface area is 139 Å². The molecular weight excluding hydrogens is 310 g/mol. The van der Waals surface area contributed by atoms with Crippen LogP contribution >= 0.6 is 11.8 Å². The van der Waals surface area contributed by atoms with E-state index in [1.54, 1.807) is 24.2 Å². The zero-order valence-electron chi connectivity index (χ0n) is 13.4. The summed E-state index contributed by atoms with van der Waals surface area (Å²) in [6.07, 6.45) is 5.55. The summed E-state index contributed by atoms with van der Waals surface area (Å²) in [5.74, 6) is 1.63. The van der Waals surface area contributed by atoms with Crippen molar-refractivity contribution in [2.24, 2.45) is 0 Å². The van der Waals surface area contributed by atoms with Gasteiger partial charge >= 0.3 is 0 Å². The summed E-state index contributed by atoms with van der Waals surface area (Å²) in [6, 6.07) is 5.91. The topological polar surface area (TPSA) is 69.6 Å². The Kier molecular flexibility index (Phi) is 4.76. The van der Waals surface area contributed by atoms with Gasteiger partial charge in [-0.05, 0) is 19.1 Å². The molecule has 0 amide bonds. The van der Waals surface area contributed by atoms with Crippen molar-refractivity contribution in [3.05, 3.63) is 54.2 Å². The molecule has 0 saturated carbocycles. The van der Waals surface area contributed by atoms with Crippen LogP contribution in [0.25, 0.3) is 0 Å². The number of imidazole rings is 1. The van der Waals surface area contributed by atoms with E-state index < -0.39 is 0 Å². The Balaban J connectivity index is 1.71. The average molecular weight is 329 g/mol. The van der Waals surface area contributed by atoms with Crippen LogP contribution in [0.2, 0.25) is 0 Å². The number of rotatable bonds is 6. The van der Waals surface area contributed by atoms with E-state index in [2.05, 4.69) is 24.7 Å². The van der Waals surface area contributed by atoms with Crippen LogP contribution in [-0.2, 0) is 6.54 Å². The van der Waals surface area contributed by atoms with Gasteiger partial charge in [-0.15, -0.1) is 0 Å². The lowest BCUT2D eigenvalue weighted by Gasteiger charge is -2.09. The molecule has 0 aliphatic rings. The van der Waals surface area contributed by atoms with Gasteiger partial charge in [0.1, 0.15) is 0 Å². The van der Waals surface area contributed by atoms with Crippen molar-refractivity contribution in [2.45, 2.75) is 43.6 Å². The first-order chi connectivity index (χ1) is 11.1. The van der Waals surface area contributed by atoms with Gasteiger partial charge in [-0.3, -0.25) is 4.98 Å². The summed E-state index contributed by atoms with van der Waals surface area (Å²) < 4.78 is 7.44. The highest BCUT2D eigenvalue weighted by molar-refractivity contribution is 7.99. The summed E-state index contributed by atoms with van der Waals surface area (Å²) in [5.41, 5.74) is 1.000. The van der Waals surface area contributed by atoms with Crippen LogP contribution in [0.1, 0.15) is 49.3 Å². The van der Waals surface area contributed by atoms with Gasteiger partial charge in [-0.25, -0.2) is 4.98 Å². The standard InChI is InChI=1S/C16H19N5OS/c1-11(2)14-19-15(22-20-14)12(3)23-16-18-8-9-21(16)10-13-6-4-5-7-17-13/h4-9,11-12H,10H2,1-3H3. The van der Waals surface area contributed by atoms with Crippen molar-refractivity contribution >= 4 is 11.8 Å². The molecule has 0 aromatic carbocycles. The number of nitrogens with zero attached hydrogens (tertiary/aromatic N) is 5. The minimum atomic E-state index is 0.0416. The van der Waals surface area contributed by atoms with Gasteiger partial charge in [-0.1, -0.05) is 36.8 Å². The third-order valence-electron chi connectivity index (χ3n) is 3.34. The Morgan fingerprint density at radius 1 is 1.17 bits per heavy atom. The normalized spacial score (nSPS) is 12.7. The summed E-state index contributed by atoms with van der Waals surface area (Å²) in [7, 11) is 0. The molecule has 120 valence electrons. The Morgan fingerprint density at radius 2 is 2.04 bits per heavy atom. The third-order valence-corrected chi connectivity index (χ3v) is 4.45. The maximum Gasteiger partial charge on any atom is 0.239 e. The van der Waals surface area contributed by atoms with E-state index in [1.807, 2.05) is 45.2 Å². The third kappa shape index (κ3) is 3.79. The molecule has 3 heterocycles. The first-order valence-electron chi connectivity index (χ1n) is 7.54. The van der Waals surface area contributed by atoms with Gasteiger partial charge < -0.3 is 9.09 Å². The van der Waals surface area contributed by atoms with E-state index in [1.165, 1.54) is 0 Å². The van der Waals surface area contributed by atoms with E-state index in [0.717, 1.165) is 16.7 Å². The summed E-state index contributed by atoms with van der Waals surface area (Å²) in [6.45, 7) is 6.83. The van der Waals surface area contributed by atoms with E-state index in [4.69, 9.17) is 4.52 Å². The SMILES string of the molecule is CC(C)c1noc(C(C)Sc2nccn2Cc2ccccn2)n1. The van der Waals surface area contributed by atoms with Crippen LogP contribution < -0.4 is 0 Å². The van der Waals surface area contributed by atoms with E-state index in [-0.39, 0.29) is 11.2 Å². The maximum atomic E-state index is 5.36. The molecule has 1 unspecified atom stereocenters. The van der Waals surface area contributed by atoms with Crippen LogP contribution in [0.4, 0.5) is 0 Å². The van der Waals surface area contributed by atoms with Crippen molar-refractivity contribution in [3.63, 3.8) is 0 Å². The highest BCUT2D eigenvalue weighted by atomic mass is 32.2. The molecule has 0 spiro atoms. The second-order valence-corrected chi connectivity index (χ2v) is 6.87. The van der Waals surface area contributed by atoms with Gasteiger partial charge in [0, 0.05) is 24.5 Å². The predicted molar refractivity (Wildman–Crippen MR) is 88.2 cm³/mol. The number of pyridine rings is 1. The fourth-order valence-electron chi connectivity index (χ4n) is 2.06. The van der Waals surface area contributed by atoms with Gasteiger partial charge in [0.05, 0.1) is 17.5 Å². The molecule has 3 aromatic rings. The molecule has 1 atom stereocenters. The van der Waals surface area contributed by atoms with Crippen molar-refractivity contribution in [3.8, 4) is 0 Å². The summed E-state index contributed by atoms with van der Waals surface area (Å²) in [4.78, 5) is 13.2. The molecule has 0 N–H and O–H groups in total. The maximum absolute atomic E-state index is 5.36. The largest absolute Gasteiger partial charge is 0.338 e. The van der Waals surface area contributed by atoms with Crippen LogP contribution in [0.3, 0.4) is 0 Å². The molecule has 0 aliphatic carbocycles. The number of aromatic nitrogens is 5. The molecule has 3 rings (SSSR count). The molecule has 6 nitrogen and oxygen atoms in total. The van der Waals surface area contributed by atoms with Crippen molar-refractivity contribution < 1.29 is 4.52 Å². The van der Waals surface area contributed by atoms with E-state index >= 15 is 0 Å². The molecular formula is C16H19N5OS. The van der Waals surface area contributed by atoms with Crippen molar-refractivity contribution in [1.82, 2.24) is 24.7 Å². The van der Waals surface area contributed by atoms with Crippen LogP contribution in [0.5, 0.6) is 0 Å². The Hall–Kier alpha value is -2.15. The van der Waals surface area contributed by atoms with Crippen LogP contribution in [0.15, 0.2) is 46.5 Å². The lowest BCUT2D eigenvalue weighted by Crippen LogP contribution is -2.03. The summed E-state index contributed by atoms with van der Waals surface area (Å²) >= 11 is 1.60. The van der Waals surface area contributed by atoms with Gasteiger partial charge in [-0.2, -0.15) is 4.98 Å². The molecule has 0 bridgehead atoms. The fraction of sp³-hybridized carbons (Fsp3) is 0.375. The van der Waals surface area contributed by atoms with E-state index in [9.17, 15) is 0 Å². The number of thioether (sulfide) groups is 1. The average Bonchev–Trinajstić information content (AvgIpc) is 3.18. The van der Waals surface area contributed by atoms with Gasteiger partial charge in [0.25, 0.3) is 0 Å².